The zero-order chi connectivity index (χ0) is 26.5. The maximum atomic E-state index is 13.2. The van der Waals surface area contributed by atoms with Crippen LogP contribution < -0.4 is 10.1 Å². The average molecular weight is 496 g/mol. The van der Waals surface area contributed by atoms with E-state index in [1.807, 2.05) is 0 Å². The Morgan fingerprint density at radius 2 is 1.89 bits per heavy atom. The molecule has 0 heterocycles. The SMILES string of the molecule is COc1cc(NC(=O)Cc2ccccc2C(F)(F)F)ccc1C(N=N)C(=O)c1ccc(O)c(C#N)c1. The van der Waals surface area contributed by atoms with Crippen LogP contribution in [0.25, 0.3) is 0 Å². The van der Waals surface area contributed by atoms with Crippen molar-refractivity contribution in [3.8, 4) is 17.6 Å². The number of anilines is 1. The monoisotopic (exact) mass is 496 g/mol. The van der Waals surface area contributed by atoms with Crippen LogP contribution in [0.5, 0.6) is 11.5 Å². The molecule has 36 heavy (non-hydrogen) atoms. The van der Waals surface area contributed by atoms with E-state index in [1.165, 1.54) is 61.7 Å². The van der Waals surface area contributed by atoms with Crippen molar-refractivity contribution in [2.75, 3.05) is 12.4 Å². The van der Waals surface area contributed by atoms with Crippen molar-refractivity contribution < 1.29 is 32.6 Å². The fourth-order valence-electron chi connectivity index (χ4n) is 3.55. The van der Waals surface area contributed by atoms with Gasteiger partial charge in [0.15, 0.2) is 11.8 Å². The van der Waals surface area contributed by atoms with Crippen molar-refractivity contribution in [2.45, 2.75) is 18.6 Å². The summed E-state index contributed by atoms with van der Waals surface area (Å²) in [7, 11) is 1.30. The highest BCUT2D eigenvalue weighted by Crippen LogP contribution is 2.34. The first-order chi connectivity index (χ1) is 17.1. The van der Waals surface area contributed by atoms with Crippen LogP contribution in [-0.4, -0.2) is 23.9 Å². The smallest absolute Gasteiger partial charge is 0.416 e. The molecule has 1 atom stereocenters. The molecule has 0 saturated carbocycles. The third-order valence-corrected chi connectivity index (χ3v) is 5.26. The van der Waals surface area contributed by atoms with Crippen LogP contribution in [0.3, 0.4) is 0 Å². The molecule has 3 aromatic rings. The Hall–Kier alpha value is -4.72. The summed E-state index contributed by atoms with van der Waals surface area (Å²) in [5.41, 5.74) is 6.73. The molecule has 0 fully saturated rings. The molecule has 0 aromatic heterocycles. The number of ether oxygens (including phenoxy) is 1. The largest absolute Gasteiger partial charge is 0.507 e. The van der Waals surface area contributed by atoms with Crippen LogP contribution >= 0.6 is 0 Å². The number of halogens is 3. The van der Waals surface area contributed by atoms with Crippen LogP contribution in [0.4, 0.5) is 18.9 Å². The minimum absolute atomic E-state index is 0.0353. The van der Waals surface area contributed by atoms with Crippen LogP contribution in [0, 0.1) is 16.9 Å². The lowest BCUT2D eigenvalue weighted by Crippen LogP contribution is -2.18. The van der Waals surface area contributed by atoms with E-state index in [0.29, 0.717) is 0 Å². The van der Waals surface area contributed by atoms with Crippen molar-refractivity contribution in [3.63, 3.8) is 0 Å². The van der Waals surface area contributed by atoms with Gasteiger partial charge in [-0.25, -0.2) is 5.53 Å². The molecule has 1 unspecified atom stereocenters. The number of carbonyl (C=O) groups is 2. The number of ketones is 1. The number of aromatic hydroxyl groups is 1. The zero-order valence-corrected chi connectivity index (χ0v) is 18.8. The maximum Gasteiger partial charge on any atom is 0.416 e. The molecule has 184 valence electrons. The second kappa shape index (κ2) is 10.7. The number of phenolic OH excluding ortho intramolecular Hbond substituents is 1. The molecule has 0 aliphatic heterocycles. The summed E-state index contributed by atoms with van der Waals surface area (Å²) in [5, 5.41) is 24.6. The molecule has 0 spiro atoms. The maximum absolute atomic E-state index is 13.2. The molecule has 1 amide bonds. The Labute approximate surface area is 203 Å². The van der Waals surface area contributed by atoms with E-state index in [-0.39, 0.29) is 39.4 Å². The standard InChI is InChI=1S/C25H19F3N4O4/c1-36-21-12-17(31-22(34)11-14-4-2-3-5-19(14)25(26,27)28)7-8-18(21)23(32-30)24(35)15-6-9-20(33)16(10-15)13-29/h2-10,12,23,30,33H,11H2,1H3,(H,31,34). The van der Waals surface area contributed by atoms with E-state index in [0.717, 1.165) is 6.07 Å². The van der Waals surface area contributed by atoms with Crippen LogP contribution in [0.15, 0.2) is 65.8 Å². The first-order valence-electron chi connectivity index (χ1n) is 10.4. The van der Waals surface area contributed by atoms with Gasteiger partial charge in [0, 0.05) is 22.9 Å². The normalized spacial score (nSPS) is 11.8. The molecule has 0 saturated heterocycles. The van der Waals surface area contributed by atoms with Gasteiger partial charge in [0.1, 0.15) is 17.6 Å². The summed E-state index contributed by atoms with van der Waals surface area (Å²) in [5.74, 6) is -1.55. The number of benzene rings is 3. The first kappa shape index (κ1) is 25.9. The molecule has 0 aliphatic carbocycles. The quantitative estimate of drug-likeness (QED) is 0.282. The molecule has 0 aliphatic rings. The van der Waals surface area contributed by atoms with E-state index in [9.17, 15) is 27.9 Å². The molecule has 0 bridgehead atoms. The first-order valence-corrected chi connectivity index (χ1v) is 10.4. The Morgan fingerprint density at radius 1 is 1.17 bits per heavy atom. The number of amides is 1. The topological polar surface area (TPSA) is 136 Å². The number of nitriles is 1. The third-order valence-electron chi connectivity index (χ3n) is 5.26. The van der Waals surface area contributed by atoms with Gasteiger partial charge in [-0.1, -0.05) is 24.3 Å². The number of methoxy groups -OCH3 is 1. The highest BCUT2D eigenvalue weighted by molar-refractivity contribution is 6.01. The minimum Gasteiger partial charge on any atom is -0.507 e. The van der Waals surface area contributed by atoms with E-state index in [1.54, 1.807) is 6.07 Å². The second-order valence-electron chi connectivity index (χ2n) is 7.58. The number of hydrogen-bond acceptors (Lipinski definition) is 7. The lowest BCUT2D eigenvalue weighted by Gasteiger charge is -2.16. The molecule has 0 radical (unpaired) electrons. The summed E-state index contributed by atoms with van der Waals surface area (Å²) in [6.45, 7) is 0. The van der Waals surface area contributed by atoms with Crippen LogP contribution in [0.2, 0.25) is 0 Å². The number of rotatable bonds is 8. The van der Waals surface area contributed by atoms with Crippen LogP contribution in [-0.2, 0) is 17.4 Å². The molecule has 11 heteroatoms. The summed E-state index contributed by atoms with van der Waals surface area (Å²) in [4.78, 5) is 25.4. The van der Waals surface area contributed by atoms with Gasteiger partial charge >= 0.3 is 6.18 Å². The van der Waals surface area contributed by atoms with Crippen molar-refractivity contribution >= 4 is 17.4 Å². The highest BCUT2D eigenvalue weighted by atomic mass is 19.4. The molecule has 3 N–H and O–H groups in total. The summed E-state index contributed by atoms with van der Waals surface area (Å²) in [6, 6.07) is 13.0. The zero-order valence-electron chi connectivity index (χ0n) is 18.8. The number of Topliss-reactive ketones (excluding diaryl/α,β-unsaturated/α-hetero) is 1. The lowest BCUT2D eigenvalue weighted by molar-refractivity contribution is -0.138. The Balaban J connectivity index is 1.84. The Bertz CT molecular complexity index is 1370. The van der Waals surface area contributed by atoms with Gasteiger partial charge in [-0.3, -0.25) is 9.59 Å². The van der Waals surface area contributed by atoms with Gasteiger partial charge in [-0.2, -0.15) is 23.5 Å². The van der Waals surface area contributed by atoms with Gasteiger partial charge in [0.2, 0.25) is 5.91 Å². The molecule has 8 nitrogen and oxygen atoms in total. The third kappa shape index (κ3) is 5.67. The molecular formula is C25H19F3N4O4. The van der Waals surface area contributed by atoms with Crippen molar-refractivity contribution in [2.24, 2.45) is 5.11 Å². The predicted octanol–water partition coefficient (Wildman–Crippen LogP) is 5.43. The molecular weight excluding hydrogens is 477 g/mol. The van der Waals surface area contributed by atoms with Gasteiger partial charge in [0.25, 0.3) is 0 Å². The Kier molecular flexibility index (Phi) is 7.69. The number of nitrogens with zero attached hydrogens (tertiary/aromatic N) is 2. The van der Waals surface area contributed by atoms with Gasteiger partial charge in [-0.05, 0) is 35.9 Å². The number of nitrogens with one attached hydrogen (secondary N) is 2. The van der Waals surface area contributed by atoms with E-state index < -0.39 is 35.9 Å². The minimum atomic E-state index is -4.60. The van der Waals surface area contributed by atoms with Crippen LogP contribution in [0.1, 0.15) is 38.7 Å². The van der Waals surface area contributed by atoms with E-state index in [2.05, 4.69) is 10.4 Å². The number of alkyl halides is 3. The second-order valence-corrected chi connectivity index (χ2v) is 7.58. The van der Waals surface area contributed by atoms with Gasteiger partial charge in [-0.15, -0.1) is 0 Å². The average Bonchev–Trinajstić information content (AvgIpc) is 2.85. The number of carbonyl (C=O) groups excluding carboxylic acids is 2. The molecule has 3 rings (SSSR count). The summed E-state index contributed by atoms with van der Waals surface area (Å²) in [6.07, 6.45) is -5.13. The van der Waals surface area contributed by atoms with Gasteiger partial charge < -0.3 is 15.2 Å². The van der Waals surface area contributed by atoms with E-state index >= 15 is 0 Å². The lowest BCUT2D eigenvalue weighted by atomic mass is 9.95. The number of hydrogen-bond donors (Lipinski definition) is 3. The fourth-order valence-corrected chi connectivity index (χ4v) is 3.55. The summed E-state index contributed by atoms with van der Waals surface area (Å²) < 4.78 is 44.9. The van der Waals surface area contributed by atoms with E-state index in [4.69, 9.17) is 15.5 Å². The van der Waals surface area contributed by atoms with Crippen molar-refractivity contribution in [1.29, 1.82) is 10.8 Å². The fraction of sp³-hybridized carbons (Fsp3) is 0.160. The number of phenols is 1. The van der Waals surface area contributed by atoms with Gasteiger partial charge in [0.05, 0.1) is 24.7 Å². The highest BCUT2D eigenvalue weighted by Gasteiger charge is 2.33. The molecule has 3 aromatic carbocycles. The van der Waals surface area contributed by atoms with Crippen molar-refractivity contribution in [3.05, 3.63) is 88.5 Å². The summed E-state index contributed by atoms with van der Waals surface area (Å²) >= 11 is 0. The predicted molar refractivity (Wildman–Crippen MR) is 122 cm³/mol. The van der Waals surface area contributed by atoms with Crippen molar-refractivity contribution in [1.82, 2.24) is 0 Å². The Morgan fingerprint density at radius 3 is 2.53 bits per heavy atom.